The molecule has 3 atom stereocenters. The Morgan fingerprint density at radius 3 is 2.46 bits per heavy atom. The van der Waals surface area contributed by atoms with Crippen LogP contribution in [0.15, 0.2) is 11.1 Å². The van der Waals surface area contributed by atoms with Crippen LogP contribution in [0.1, 0.15) is 46.0 Å². The molecule has 0 aliphatic heterocycles. The topological polar surface area (TPSA) is 20.2 Å². The summed E-state index contributed by atoms with van der Waals surface area (Å²) in [7, 11) is 0. The quantitative estimate of drug-likeness (QED) is 0.568. The molecule has 1 heteroatoms. The maximum Gasteiger partial charge on any atom is 0.0577 e. The molecule has 0 saturated heterocycles. The fourth-order valence-corrected chi connectivity index (χ4v) is 2.89. The molecular weight excluding hydrogens is 160 g/mol. The smallest absolute Gasteiger partial charge is 0.0577 e. The highest BCUT2D eigenvalue weighted by Crippen LogP contribution is 2.42. The molecule has 2 aliphatic carbocycles. The molecule has 1 nitrogen and oxygen atoms in total. The van der Waals surface area contributed by atoms with Gasteiger partial charge in [-0.25, -0.2) is 0 Å². The van der Waals surface area contributed by atoms with E-state index >= 15 is 0 Å². The third kappa shape index (κ3) is 1.67. The van der Waals surface area contributed by atoms with Crippen molar-refractivity contribution in [3.63, 3.8) is 0 Å². The number of aliphatic hydroxyl groups is 1. The zero-order valence-electron chi connectivity index (χ0n) is 8.71. The molecule has 0 bridgehead atoms. The molecule has 2 aliphatic rings. The largest absolute Gasteiger partial charge is 0.393 e. The van der Waals surface area contributed by atoms with E-state index in [9.17, 15) is 5.11 Å². The van der Waals surface area contributed by atoms with Crippen molar-refractivity contribution in [1.29, 1.82) is 0 Å². The first-order valence-electron chi connectivity index (χ1n) is 5.58. The maximum absolute atomic E-state index is 9.74. The molecule has 74 valence electrons. The van der Waals surface area contributed by atoms with Crippen LogP contribution >= 0.6 is 0 Å². The summed E-state index contributed by atoms with van der Waals surface area (Å²) in [6, 6.07) is 0. The number of rotatable bonds is 0. The van der Waals surface area contributed by atoms with Crippen molar-refractivity contribution in [3.05, 3.63) is 11.1 Å². The van der Waals surface area contributed by atoms with Crippen molar-refractivity contribution in [1.82, 2.24) is 0 Å². The van der Waals surface area contributed by atoms with Crippen LogP contribution < -0.4 is 0 Å². The predicted octanol–water partition coefficient (Wildman–Crippen LogP) is 2.89. The first kappa shape index (κ1) is 9.26. The van der Waals surface area contributed by atoms with Gasteiger partial charge < -0.3 is 5.11 Å². The van der Waals surface area contributed by atoms with Gasteiger partial charge in [-0.2, -0.15) is 0 Å². The molecule has 0 heterocycles. The first-order chi connectivity index (χ1) is 6.18. The number of aliphatic hydroxyl groups excluding tert-OH is 1. The van der Waals surface area contributed by atoms with E-state index in [2.05, 4.69) is 13.8 Å². The summed E-state index contributed by atoms with van der Waals surface area (Å²) in [4.78, 5) is 0. The Balaban J connectivity index is 2.24. The summed E-state index contributed by atoms with van der Waals surface area (Å²) < 4.78 is 0. The molecule has 0 aromatic heterocycles. The summed E-state index contributed by atoms with van der Waals surface area (Å²) in [5.41, 5.74) is 3.28. The van der Waals surface area contributed by atoms with Crippen molar-refractivity contribution in [2.24, 2.45) is 11.8 Å². The molecule has 0 aromatic rings. The number of hydrogen-bond donors (Lipinski definition) is 1. The van der Waals surface area contributed by atoms with Crippen molar-refractivity contribution in [2.45, 2.75) is 52.1 Å². The lowest BCUT2D eigenvalue weighted by molar-refractivity contribution is 0.159. The minimum atomic E-state index is -0.0597. The molecular formula is C12H20O. The molecule has 1 N–H and O–H groups in total. The summed E-state index contributed by atoms with van der Waals surface area (Å²) in [6.07, 6.45) is 5.70. The van der Waals surface area contributed by atoms with Gasteiger partial charge in [0.05, 0.1) is 6.10 Å². The van der Waals surface area contributed by atoms with E-state index in [4.69, 9.17) is 0 Å². The van der Waals surface area contributed by atoms with Gasteiger partial charge in [0.25, 0.3) is 0 Å². The minimum Gasteiger partial charge on any atom is -0.393 e. The number of hydrogen-bond acceptors (Lipinski definition) is 1. The third-order valence-corrected chi connectivity index (χ3v) is 3.84. The summed E-state index contributed by atoms with van der Waals surface area (Å²) in [5.74, 6) is 1.47. The Hall–Kier alpha value is -0.300. The molecule has 13 heavy (non-hydrogen) atoms. The van der Waals surface area contributed by atoms with Gasteiger partial charge >= 0.3 is 0 Å². The standard InChI is InChI=1S/C12H20O/c1-8-3-5-10(13)7-12-9(2)4-6-11(8)12/h8-10,13H,3-7H2,1-2H3. The van der Waals surface area contributed by atoms with E-state index in [0.717, 1.165) is 24.7 Å². The van der Waals surface area contributed by atoms with Crippen molar-refractivity contribution >= 4 is 0 Å². The molecule has 0 spiro atoms. The molecule has 2 rings (SSSR count). The lowest BCUT2D eigenvalue weighted by Crippen LogP contribution is -2.08. The lowest BCUT2D eigenvalue weighted by Gasteiger charge is -2.12. The fourth-order valence-electron chi connectivity index (χ4n) is 2.89. The van der Waals surface area contributed by atoms with Crippen molar-refractivity contribution < 1.29 is 5.11 Å². The van der Waals surface area contributed by atoms with Crippen molar-refractivity contribution in [3.8, 4) is 0 Å². The molecule has 0 radical (unpaired) electrons. The van der Waals surface area contributed by atoms with Crippen LogP contribution in [0.25, 0.3) is 0 Å². The zero-order chi connectivity index (χ0) is 9.42. The Kier molecular flexibility index (Phi) is 2.46. The van der Waals surface area contributed by atoms with E-state index in [-0.39, 0.29) is 6.10 Å². The Bertz CT molecular complexity index is 229. The predicted molar refractivity (Wildman–Crippen MR) is 54.4 cm³/mol. The van der Waals surface area contributed by atoms with Gasteiger partial charge in [0.2, 0.25) is 0 Å². The Labute approximate surface area is 80.8 Å². The van der Waals surface area contributed by atoms with Crippen LogP contribution in [-0.2, 0) is 0 Å². The van der Waals surface area contributed by atoms with E-state index < -0.39 is 0 Å². The zero-order valence-corrected chi connectivity index (χ0v) is 8.71. The molecule has 0 aromatic carbocycles. The highest BCUT2D eigenvalue weighted by atomic mass is 16.3. The number of allylic oxidation sites excluding steroid dienone is 1. The van der Waals surface area contributed by atoms with Crippen LogP contribution in [-0.4, -0.2) is 11.2 Å². The van der Waals surface area contributed by atoms with E-state index in [1.165, 1.54) is 19.3 Å². The second-order valence-corrected chi connectivity index (χ2v) is 4.83. The van der Waals surface area contributed by atoms with Gasteiger partial charge in [-0.1, -0.05) is 25.0 Å². The van der Waals surface area contributed by atoms with E-state index in [1.807, 2.05) is 0 Å². The third-order valence-electron chi connectivity index (χ3n) is 3.84. The first-order valence-corrected chi connectivity index (χ1v) is 5.58. The normalized spacial score (nSPS) is 40.4. The average Bonchev–Trinajstić information content (AvgIpc) is 2.37. The molecule has 0 saturated carbocycles. The van der Waals surface area contributed by atoms with Gasteiger partial charge in [0.1, 0.15) is 0 Å². The van der Waals surface area contributed by atoms with E-state index in [0.29, 0.717) is 0 Å². The van der Waals surface area contributed by atoms with Crippen molar-refractivity contribution in [2.75, 3.05) is 0 Å². The summed E-state index contributed by atoms with van der Waals surface area (Å²) >= 11 is 0. The van der Waals surface area contributed by atoms with Gasteiger partial charge in [0, 0.05) is 0 Å². The second kappa shape index (κ2) is 3.45. The van der Waals surface area contributed by atoms with Gasteiger partial charge in [-0.15, -0.1) is 0 Å². The minimum absolute atomic E-state index is 0.0597. The average molecular weight is 180 g/mol. The highest BCUT2D eigenvalue weighted by molar-refractivity contribution is 5.26. The lowest BCUT2D eigenvalue weighted by atomic mass is 9.95. The Morgan fingerprint density at radius 2 is 1.69 bits per heavy atom. The SMILES string of the molecule is CC1CCC(O)CC2=C1CCC2C. The van der Waals surface area contributed by atoms with Gasteiger partial charge in [0.15, 0.2) is 0 Å². The maximum atomic E-state index is 9.74. The van der Waals surface area contributed by atoms with Crippen LogP contribution in [0, 0.1) is 11.8 Å². The van der Waals surface area contributed by atoms with Crippen LogP contribution in [0.5, 0.6) is 0 Å². The molecule has 3 unspecified atom stereocenters. The monoisotopic (exact) mass is 180 g/mol. The Morgan fingerprint density at radius 1 is 1.00 bits per heavy atom. The molecule has 0 fully saturated rings. The highest BCUT2D eigenvalue weighted by Gasteiger charge is 2.29. The summed E-state index contributed by atoms with van der Waals surface area (Å²) in [5, 5.41) is 9.74. The van der Waals surface area contributed by atoms with Crippen LogP contribution in [0.3, 0.4) is 0 Å². The van der Waals surface area contributed by atoms with Gasteiger partial charge in [-0.05, 0) is 43.9 Å². The second-order valence-electron chi connectivity index (χ2n) is 4.83. The van der Waals surface area contributed by atoms with Crippen LogP contribution in [0.4, 0.5) is 0 Å². The van der Waals surface area contributed by atoms with Crippen LogP contribution in [0.2, 0.25) is 0 Å². The van der Waals surface area contributed by atoms with Gasteiger partial charge in [-0.3, -0.25) is 0 Å². The summed E-state index contributed by atoms with van der Waals surface area (Å²) in [6.45, 7) is 4.64. The fraction of sp³-hybridized carbons (Fsp3) is 0.833. The van der Waals surface area contributed by atoms with E-state index in [1.54, 1.807) is 11.1 Å². The molecule has 0 amide bonds.